The topological polar surface area (TPSA) is 26.0 Å². The molecule has 0 saturated heterocycles. The summed E-state index contributed by atoms with van der Waals surface area (Å²) in [7, 11) is 0. The Labute approximate surface area is 72.6 Å². The first-order valence-electron chi connectivity index (χ1n) is 7.33. The second-order valence-electron chi connectivity index (χ2n) is 1.18. The molecule has 1 aliphatic rings. The molecule has 0 aromatic heterocycles. The summed E-state index contributed by atoms with van der Waals surface area (Å²) in [4.78, 5) is 0. The number of hydrogen-bond donors (Lipinski definition) is 1. The highest BCUT2D eigenvalue weighted by Crippen LogP contribution is 2.14. The average molecular weight is 147 g/mol. The molecule has 1 unspecified atom stereocenters. The zero-order chi connectivity index (χ0) is 14.8. The van der Waals surface area contributed by atoms with Crippen molar-refractivity contribution < 1.29 is 15.2 Å². The molecule has 1 saturated carbocycles. The Morgan fingerprint density at radius 1 is 1.62 bits per heavy atom. The molecule has 0 heterocycles. The van der Waals surface area contributed by atoms with Gasteiger partial charge < -0.3 is 5.72 Å². The minimum Gasteiger partial charge on any atom is -0.328 e. The molecule has 0 spiro atoms. The van der Waals surface area contributed by atoms with E-state index >= 15 is 0 Å². The van der Waals surface area contributed by atoms with Gasteiger partial charge in [0.1, 0.15) is 2.82 Å². The van der Waals surface area contributed by atoms with E-state index in [1.54, 1.807) is 0 Å². The zero-order valence-corrected chi connectivity index (χ0v) is 4.88. The van der Waals surface area contributed by atoms with Crippen molar-refractivity contribution in [3.8, 4) is 0 Å². The van der Waals surface area contributed by atoms with Gasteiger partial charge in [-0.15, -0.1) is 12.4 Å². The van der Waals surface area contributed by atoms with Crippen LogP contribution in [0.5, 0.6) is 0 Å². The van der Waals surface area contributed by atoms with Gasteiger partial charge in [0.2, 0.25) is 0 Å². The summed E-state index contributed by atoms with van der Waals surface area (Å²) >= 11 is 0. The molecule has 8 heavy (non-hydrogen) atoms. The predicted octanol–water partition coefficient (Wildman–Crippen LogP) is 1.70. The first kappa shape index (κ1) is 1.30. The van der Waals surface area contributed by atoms with Crippen LogP contribution in [0, 0.1) is 0 Å². The van der Waals surface area contributed by atoms with Crippen LogP contribution in [0.2, 0.25) is 2.82 Å². The predicted molar refractivity (Wildman–Crippen MR) is 38.3 cm³/mol. The summed E-state index contributed by atoms with van der Waals surface area (Å²) in [5.41, 5.74) is -0.405. The molecule has 1 nitrogen and oxygen atoms in total. The van der Waals surface area contributed by atoms with E-state index in [0.29, 0.717) is 0 Å². The molecule has 0 bridgehead atoms. The lowest BCUT2D eigenvalue weighted by molar-refractivity contribution is 0.441. The second kappa shape index (κ2) is 4.16. The maximum atomic E-state index is 7.70. The summed E-state index contributed by atoms with van der Waals surface area (Å²) in [5.74, 6) is 0. The molecule has 0 aromatic rings. The quantitative estimate of drug-likeness (QED) is 0.599. The van der Waals surface area contributed by atoms with Crippen molar-refractivity contribution in [2.45, 2.75) is 37.9 Å². The van der Waals surface area contributed by atoms with Gasteiger partial charge in [0, 0.05) is 18.4 Å². The Bertz CT molecular complexity index is 339. The molecule has 1 rings (SSSR count). The minimum atomic E-state index is -3.36. The molecular formula is C6H14ClN. The van der Waals surface area contributed by atoms with Gasteiger partial charge in [0.15, 0.2) is 0 Å². The first-order valence-corrected chi connectivity index (χ1v) is 1.93. The van der Waals surface area contributed by atoms with E-state index in [0.717, 1.165) is 0 Å². The van der Waals surface area contributed by atoms with Crippen LogP contribution in [0.25, 0.3) is 0 Å². The third-order valence-corrected chi connectivity index (χ3v) is 0.614. The van der Waals surface area contributed by atoms with Gasteiger partial charge in [-0.2, -0.15) is 0 Å². The Kier molecular flexibility index (Phi) is 0.677. The highest BCUT2D eigenvalue weighted by atomic mass is 35.5. The molecule has 0 aliphatic heterocycles. The van der Waals surface area contributed by atoms with Crippen LogP contribution in [-0.2, 0) is 0 Å². The SMILES string of the molecule is Cl.[2H]N([2H])C1([2H])CC([2H])([2H])C([2H])([2H])C([2H])([2H])C1([2H])[2H]. The Hall–Kier alpha value is 0.250. The van der Waals surface area contributed by atoms with E-state index in [1.165, 1.54) is 0 Å². The highest BCUT2D eigenvalue weighted by molar-refractivity contribution is 5.85. The van der Waals surface area contributed by atoms with Crippen LogP contribution >= 0.6 is 12.4 Å². The monoisotopic (exact) mass is 146 g/mol. The Morgan fingerprint density at radius 3 is 3.25 bits per heavy atom. The lowest BCUT2D eigenvalue weighted by atomic mass is 9.97. The van der Waals surface area contributed by atoms with Gasteiger partial charge in [0.25, 0.3) is 0 Å². The van der Waals surface area contributed by atoms with Gasteiger partial charge in [0.05, 0.1) is 0 Å². The van der Waals surface area contributed by atoms with Gasteiger partial charge in [-0.25, -0.2) is 0 Å². The van der Waals surface area contributed by atoms with Crippen LogP contribution in [0.3, 0.4) is 0 Å². The fraction of sp³-hybridized carbons (Fsp3) is 1.00. The first-order chi connectivity index (χ1) is 7.65. The largest absolute Gasteiger partial charge is 0.328 e. The van der Waals surface area contributed by atoms with Crippen molar-refractivity contribution in [1.82, 2.24) is 0 Å². The number of nitrogens with two attached hydrogens (primary N) is 1. The Morgan fingerprint density at radius 2 is 2.50 bits per heavy atom. The standard InChI is InChI=1S/C6H13N.ClH/c7-6-4-2-1-3-5-6;/h6H,1-5,7H2;1H/i1D2,2D2,3D2,4D2,6D;/hD2. The zero-order valence-electron chi connectivity index (χ0n) is 15.1. The average Bonchev–Trinajstić information content (AvgIpc) is 2.13. The maximum Gasteiger partial charge on any atom is 0.119 e. The van der Waals surface area contributed by atoms with Crippen LogP contribution < -0.4 is 5.72 Å². The third kappa shape index (κ3) is 2.53. The fourth-order valence-electron chi connectivity index (χ4n) is 0.320. The second-order valence-corrected chi connectivity index (χ2v) is 1.18. The molecule has 1 fully saturated rings. The number of hydrogen-bond acceptors (Lipinski definition) is 1. The highest BCUT2D eigenvalue weighted by Gasteiger charge is 2.06. The summed E-state index contributed by atoms with van der Waals surface area (Å²) in [5, 5.41) is 0. The number of rotatable bonds is 1. The summed E-state index contributed by atoms with van der Waals surface area (Å²) < 4.78 is 81.7. The Balaban J connectivity index is 0.00000324. The van der Waals surface area contributed by atoms with E-state index in [-0.39, 0.29) is 12.4 Å². The number of halogens is 1. The normalized spacial score (nSPS) is 83.9. The van der Waals surface area contributed by atoms with Gasteiger partial charge in [-0.3, -0.25) is 0 Å². The van der Waals surface area contributed by atoms with Gasteiger partial charge in [-0.05, 0) is 12.8 Å². The molecule has 50 valence electrons. The van der Waals surface area contributed by atoms with Gasteiger partial charge >= 0.3 is 0 Å². The van der Waals surface area contributed by atoms with Crippen LogP contribution in [0.4, 0.5) is 0 Å². The molecule has 0 aromatic carbocycles. The van der Waals surface area contributed by atoms with E-state index in [2.05, 4.69) is 0 Å². The van der Waals surface area contributed by atoms with Crippen LogP contribution in [0.15, 0.2) is 0 Å². The maximum absolute atomic E-state index is 7.70. The van der Waals surface area contributed by atoms with Crippen molar-refractivity contribution >= 4 is 12.4 Å². The molecule has 0 radical (unpaired) electrons. The summed E-state index contributed by atoms with van der Waals surface area (Å²) in [6.07, 6.45) is -13.7. The molecular weight excluding hydrogens is 122 g/mol. The van der Waals surface area contributed by atoms with Crippen LogP contribution in [-0.4, -0.2) is 6.02 Å². The molecule has 1 atom stereocenters. The van der Waals surface area contributed by atoms with Crippen molar-refractivity contribution in [3.05, 3.63) is 0 Å². The van der Waals surface area contributed by atoms with E-state index in [9.17, 15) is 0 Å². The van der Waals surface area contributed by atoms with Crippen molar-refractivity contribution in [2.24, 2.45) is 5.72 Å². The van der Waals surface area contributed by atoms with Crippen LogP contribution in [0.1, 0.15) is 44.2 Å². The van der Waals surface area contributed by atoms with E-state index < -0.39 is 43.7 Å². The molecule has 2 heteroatoms. The molecule has 1 aliphatic carbocycles. The van der Waals surface area contributed by atoms with Crippen molar-refractivity contribution in [2.75, 3.05) is 0 Å². The molecule has 0 amide bonds. The van der Waals surface area contributed by atoms with E-state index in [1.807, 2.05) is 0 Å². The third-order valence-electron chi connectivity index (χ3n) is 0.614. The lowest BCUT2D eigenvalue weighted by Crippen LogP contribution is -2.22. The molecule has 2 N–H and O–H groups in total. The fourth-order valence-corrected chi connectivity index (χ4v) is 0.320. The van der Waals surface area contributed by atoms with E-state index in [4.69, 9.17) is 15.2 Å². The van der Waals surface area contributed by atoms with Gasteiger partial charge in [-0.1, -0.05) is 19.1 Å². The summed E-state index contributed by atoms with van der Waals surface area (Å²) in [6.45, 7) is 0. The lowest BCUT2D eigenvalue weighted by Gasteiger charge is -2.15. The smallest absolute Gasteiger partial charge is 0.119 e. The van der Waals surface area contributed by atoms with Crippen molar-refractivity contribution in [3.63, 3.8) is 0 Å². The minimum absolute atomic E-state index is 0. The van der Waals surface area contributed by atoms with Crippen molar-refractivity contribution in [1.29, 1.82) is 0 Å². The summed E-state index contributed by atoms with van der Waals surface area (Å²) in [6, 6.07) is -2.84.